The van der Waals surface area contributed by atoms with Gasteiger partial charge in [-0.1, -0.05) is 48.0 Å². The lowest BCUT2D eigenvalue weighted by Crippen LogP contribution is -2.15. The second-order valence-electron chi connectivity index (χ2n) is 6.21. The SMILES string of the molecule is Cc1ccc(NS(=O)(=O)c2ccc(NC(=O)Cc3ccccc3)cc2)cc1. The van der Waals surface area contributed by atoms with Crippen molar-refractivity contribution in [2.24, 2.45) is 0 Å². The minimum atomic E-state index is -3.68. The van der Waals surface area contributed by atoms with Gasteiger partial charge in [0.15, 0.2) is 0 Å². The fourth-order valence-electron chi connectivity index (χ4n) is 2.54. The zero-order valence-corrected chi connectivity index (χ0v) is 15.7. The van der Waals surface area contributed by atoms with Crippen LogP contribution >= 0.6 is 0 Å². The first-order valence-corrected chi connectivity index (χ1v) is 9.94. The molecule has 0 radical (unpaired) electrons. The van der Waals surface area contributed by atoms with Gasteiger partial charge >= 0.3 is 0 Å². The van der Waals surface area contributed by atoms with Crippen LogP contribution in [-0.4, -0.2) is 14.3 Å². The lowest BCUT2D eigenvalue weighted by atomic mass is 10.1. The Morgan fingerprint density at radius 2 is 1.41 bits per heavy atom. The van der Waals surface area contributed by atoms with Gasteiger partial charge in [-0.25, -0.2) is 8.42 Å². The predicted molar refractivity (Wildman–Crippen MR) is 107 cm³/mol. The van der Waals surface area contributed by atoms with Crippen LogP contribution in [0.4, 0.5) is 11.4 Å². The highest BCUT2D eigenvalue weighted by atomic mass is 32.2. The molecule has 0 saturated carbocycles. The summed E-state index contributed by atoms with van der Waals surface area (Å²) in [4.78, 5) is 12.2. The quantitative estimate of drug-likeness (QED) is 0.679. The van der Waals surface area contributed by atoms with Gasteiger partial charge in [0, 0.05) is 11.4 Å². The van der Waals surface area contributed by atoms with E-state index in [-0.39, 0.29) is 17.2 Å². The first kappa shape index (κ1) is 18.7. The molecule has 0 aliphatic carbocycles. The van der Waals surface area contributed by atoms with Crippen LogP contribution in [0.2, 0.25) is 0 Å². The van der Waals surface area contributed by atoms with Gasteiger partial charge in [0.2, 0.25) is 5.91 Å². The van der Waals surface area contributed by atoms with Gasteiger partial charge in [0.1, 0.15) is 0 Å². The molecule has 0 saturated heterocycles. The lowest BCUT2D eigenvalue weighted by molar-refractivity contribution is -0.115. The van der Waals surface area contributed by atoms with Crippen molar-refractivity contribution < 1.29 is 13.2 Å². The Kier molecular flexibility index (Phi) is 5.57. The molecule has 0 aliphatic rings. The normalized spacial score (nSPS) is 11.0. The Hall–Kier alpha value is -3.12. The maximum Gasteiger partial charge on any atom is 0.261 e. The molecular weight excluding hydrogens is 360 g/mol. The third-order valence-electron chi connectivity index (χ3n) is 3.96. The summed E-state index contributed by atoms with van der Waals surface area (Å²) in [7, 11) is -3.68. The molecule has 5 nitrogen and oxygen atoms in total. The van der Waals surface area contributed by atoms with E-state index >= 15 is 0 Å². The standard InChI is InChI=1S/C21H20N2O3S/c1-16-7-9-19(10-8-16)23-27(25,26)20-13-11-18(12-14-20)22-21(24)15-17-5-3-2-4-6-17/h2-14,23H,15H2,1H3,(H,22,24). The van der Waals surface area contributed by atoms with Crippen molar-refractivity contribution in [3.63, 3.8) is 0 Å². The van der Waals surface area contributed by atoms with E-state index in [1.165, 1.54) is 12.1 Å². The lowest BCUT2D eigenvalue weighted by Gasteiger charge is -2.10. The number of carbonyl (C=O) groups is 1. The molecule has 0 bridgehead atoms. The Labute approximate surface area is 159 Å². The Morgan fingerprint density at radius 3 is 2.04 bits per heavy atom. The molecule has 3 rings (SSSR count). The number of rotatable bonds is 6. The second kappa shape index (κ2) is 8.05. The third-order valence-corrected chi connectivity index (χ3v) is 5.36. The smallest absolute Gasteiger partial charge is 0.261 e. The molecule has 0 aliphatic heterocycles. The first-order chi connectivity index (χ1) is 12.9. The Bertz CT molecular complexity index is 1010. The van der Waals surface area contributed by atoms with E-state index in [9.17, 15) is 13.2 Å². The van der Waals surface area contributed by atoms with E-state index in [4.69, 9.17) is 0 Å². The number of amides is 1. The maximum atomic E-state index is 12.5. The summed E-state index contributed by atoms with van der Waals surface area (Å²) in [6.07, 6.45) is 0.260. The number of carbonyl (C=O) groups excluding carboxylic acids is 1. The molecule has 27 heavy (non-hydrogen) atoms. The zero-order chi connectivity index (χ0) is 19.3. The molecule has 0 unspecified atom stereocenters. The van der Waals surface area contributed by atoms with Gasteiger partial charge in [-0.05, 0) is 48.9 Å². The molecule has 0 aromatic heterocycles. The summed E-state index contributed by atoms with van der Waals surface area (Å²) in [5.74, 6) is -0.158. The topological polar surface area (TPSA) is 75.3 Å². The fraction of sp³-hybridized carbons (Fsp3) is 0.0952. The number of anilines is 2. The zero-order valence-electron chi connectivity index (χ0n) is 14.8. The van der Waals surface area contributed by atoms with Crippen LogP contribution in [0.3, 0.4) is 0 Å². The van der Waals surface area contributed by atoms with Gasteiger partial charge in [-0.3, -0.25) is 9.52 Å². The molecule has 3 aromatic carbocycles. The van der Waals surface area contributed by atoms with Crippen LogP contribution in [0.15, 0.2) is 83.8 Å². The average molecular weight is 380 g/mol. The second-order valence-corrected chi connectivity index (χ2v) is 7.89. The van der Waals surface area contributed by atoms with Gasteiger partial charge in [0.25, 0.3) is 10.0 Å². The number of sulfonamides is 1. The molecule has 3 aromatic rings. The first-order valence-electron chi connectivity index (χ1n) is 8.46. The van der Waals surface area contributed by atoms with Crippen LogP contribution in [0, 0.1) is 6.92 Å². The summed E-state index contributed by atoms with van der Waals surface area (Å²) in [5, 5.41) is 2.77. The predicted octanol–water partition coefficient (Wildman–Crippen LogP) is 3.98. The summed E-state index contributed by atoms with van der Waals surface area (Å²) >= 11 is 0. The highest BCUT2D eigenvalue weighted by Gasteiger charge is 2.14. The van der Waals surface area contributed by atoms with Crippen molar-refractivity contribution in [3.05, 3.63) is 90.0 Å². The molecule has 2 N–H and O–H groups in total. The van der Waals surface area contributed by atoms with E-state index in [2.05, 4.69) is 10.0 Å². The average Bonchev–Trinajstić information content (AvgIpc) is 2.65. The molecule has 0 spiro atoms. The maximum absolute atomic E-state index is 12.5. The van der Waals surface area contributed by atoms with Gasteiger partial charge in [-0.15, -0.1) is 0 Å². The highest BCUT2D eigenvalue weighted by molar-refractivity contribution is 7.92. The summed E-state index contributed by atoms with van der Waals surface area (Å²) in [6, 6.07) is 22.6. The Morgan fingerprint density at radius 1 is 0.815 bits per heavy atom. The van der Waals surface area contributed by atoms with Crippen molar-refractivity contribution in [1.82, 2.24) is 0 Å². The minimum Gasteiger partial charge on any atom is -0.326 e. The minimum absolute atomic E-state index is 0.129. The Balaban J connectivity index is 1.65. The van der Waals surface area contributed by atoms with Crippen LogP contribution in [0.25, 0.3) is 0 Å². The third kappa shape index (κ3) is 5.18. The molecule has 0 atom stereocenters. The molecule has 0 fully saturated rings. The van der Waals surface area contributed by atoms with E-state index in [1.807, 2.05) is 49.4 Å². The van der Waals surface area contributed by atoms with Crippen LogP contribution in [0.5, 0.6) is 0 Å². The summed E-state index contributed by atoms with van der Waals surface area (Å²) in [6.45, 7) is 1.93. The monoisotopic (exact) mass is 380 g/mol. The number of hydrogen-bond donors (Lipinski definition) is 2. The fourth-order valence-corrected chi connectivity index (χ4v) is 3.60. The number of hydrogen-bond acceptors (Lipinski definition) is 3. The largest absolute Gasteiger partial charge is 0.326 e. The molecule has 1 amide bonds. The summed E-state index contributed by atoms with van der Waals surface area (Å²) in [5.41, 5.74) is 3.01. The molecule has 6 heteroatoms. The number of benzene rings is 3. The van der Waals surface area contributed by atoms with Crippen molar-refractivity contribution in [3.8, 4) is 0 Å². The van der Waals surface area contributed by atoms with Gasteiger partial charge < -0.3 is 5.32 Å². The van der Waals surface area contributed by atoms with Gasteiger partial charge in [0.05, 0.1) is 11.3 Å². The van der Waals surface area contributed by atoms with Crippen LogP contribution in [-0.2, 0) is 21.2 Å². The molecule has 0 heterocycles. The molecular formula is C21H20N2O3S. The number of aryl methyl sites for hydroxylation is 1. The van der Waals surface area contributed by atoms with Crippen molar-refractivity contribution in [1.29, 1.82) is 0 Å². The van der Waals surface area contributed by atoms with Crippen molar-refractivity contribution >= 4 is 27.3 Å². The van der Waals surface area contributed by atoms with Crippen molar-refractivity contribution in [2.45, 2.75) is 18.2 Å². The van der Waals surface area contributed by atoms with Gasteiger partial charge in [-0.2, -0.15) is 0 Å². The summed E-state index contributed by atoms with van der Waals surface area (Å²) < 4.78 is 27.5. The van der Waals surface area contributed by atoms with E-state index in [0.29, 0.717) is 11.4 Å². The van der Waals surface area contributed by atoms with Crippen molar-refractivity contribution in [2.75, 3.05) is 10.0 Å². The highest BCUT2D eigenvalue weighted by Crippen LogP contribution is 2.19. The molecule has 138 valence electrons. The van der Waals surface area contributed by atoms with Crippen LogP contribution < -0.4 is 10.0 Å². The van der Waals surface area contributed by atoms with E-state index in [1.54, 1.807) is 24.3 Å². The van der Waals surface area contributed by atoms with E-state index in [0.717, 1.165) is 11.1 Å². The number of nitrogens with one attached hydrogen (secondary N) is 2. The van der Waals surface area contributed by atoms with E-state index < -0.39 is 10.0 Å². The van der Waals surface area contributed by atoms with Crippen LogP contribution in [0.1, 0.15) is 11.1 Å².